The number of rotatable bonds is 4. The third-order valence-electron chi connectivity index (χ3n) is 4.67. The Morgan fingerprint density at radius 1 is 1.04 bits per heavy atom. The SMILES string of the molecule is O=C(Nc1ncc(O)cc1C(=O)O)OCC1c2ccccc2-c2ccccc21. The van der Waals surface area contributed by atoms with Gasteiger partial charge in [-0.1, -0.05) is 48.5 Å². The van der Waals surface area contributed by atoms with Crippen LogP contribution in [0.3, 0.4) is 0 Å². The molecule has 7 heteroatoms. The average Bonchev–Trinajstić information content (AvgIpc) is 3.01. The van der Waals surface area contributed by atoms with Crippen LogP contribution in [0.5, 0.6) is 5.75 Å². The van der Waals surface area contributed by atoms with Crippen molar-refractivity contribution >= 4 is 17.9 Å². The van der Waals surface area contributed by atoms with Crippen LogP contribution in [0.25, 0.3) is 11.1 Å². The molecule has 7 nitrogen and oxygen atoms in total. The van der Waals surface area contributed by atoms with Crippen LogP contribution in [-0.2, 0) is 4.74 Å². The molecule has 2 aromatic carbocycles. The number of benzene rings is 2. The predicted molar refractivity (Wildman–Crippen MR) is 102 cm³/mol. The van der Waals surface area contributed by atoms with Crippen LogP contribution < -0.4 is 5.32 Å². The van der Waals surface area contributed by atoms with E-state index in [2.05, 4.69) is 10.3 Å². The van der Waals surface area contributed by atoms with Crippen molar-refractivity contribution in [2.75, 3.05) is 11.9 Å². The lowest BCUT2D eigenvalue weighted by atomic mass is 9.98. The van der Waals surface area contributed by atoms with Crippen molar-refractivity contribution in [3.05, 3.63) is 77.5 Å². The summed E-state index contributed by atoms with van der Waals surface area (Å²) in [7, 11) is 0. The molecule has 3 N–H and O–H groups in total. The van der Waals surface area contributed by atoms with Crippen LogP contribution in [0.1, 0.15) is 27.4 Å². The summed E-state index contributed by atoms with van der Waals surface area (Å²) >= 11 is 0. The number of nitrogens with zero attached hydrogens (tertiary/aromatic N) is 1. The zero-order chi connectivity index (χ0) is 19.7. The first-order valence-corrected chi connectivity index (χ1v) is 8.59. The zero-order valence-electron chi connectivity index (χ0n) is 14.6. The van der Waals surface area contributed by atoms with Gasteiger partial charge in [0.05, 0.1) is 6.20 Å². The van der Waals surface area contributed by atoms with E-state index >= 15 is 0 Å². The van der Waals surface area contributed by atoms with Gasteiger partial charge < -0.3 is 14.9 Å². The van der Waals surface area contributed by atoms with Gasteiger partial charge in [0.15, 0.2) is 0 Å². The summed E-state index contributed by atoms with van der Waals surface area (Å²) < 4.78 is 5.36. The molecule has 0 bridgehead atoms. The number of aromatic nitrogens is 1. The molecule has 1 aromatic heterocycles. The Morgan fingerprint density at radius 3 is 2.25 bits per heavy atom. The highest BCUT2D eigenvalue weighted by molar-refractivity contribution is 5.97. The number of amides is 1. The normalized spacial score (nSPS) is 12.1. The molecule has 0 saturated carbocycles. The molecule has 0 aliphatic heterocycles. The number of aromatic carboxylic acids is 1. The summed E-state index contributed by atoms with van der Waals surface area (Å²) in [6.07, 6.45) is 0.230. The molecule has 3 aromatic rings. The van der Waals surface area contributed by atoms with Crippen LogP contribution in [0.2, 0.25) is 0 Å². The molecule has 1 heterocycles. The van der Waals surface area contributed by atoms with Crippen molar-refractivity contribution < 1.29 is 24.5 Å². The second-order valence-electron chi connectivity index (χ2n) is 6.35. The van der Waals surface area contributed by atoms with Gasteiger partial charge in [-0.3, -0.25) is 5.32 Å². The fourth-order valence-corrected chi connectivity index (χ4v) is 3.45. The number of hydrogen-bond donors (Lipinski definition) is 3. The van der Waals surface area contributed by atoms with Gasteiger partial charge >= 0.3 is 12.1 Å². The monoisotopic (exact) mass is 376 g/mol. The first-order valence-electron chi connectivity index (χ1n) is 8.59. The molecule has 0 atom stereocenters. The number of carbonyl (C=O) groups is 2. The maximum Gasteiger partial charge on any atom is 0.412 e. The number of ether oxygens (including phenoxy) is 1. The number of fused-ring (bicyclic) bond motifs is 3. The van der Waals surface area contributed by atoms with Crippen molar-refractivity contribution in [2.24, 2.45) is 0 Å². The Morgan fingerprint density at radius 2 is 1.64 bits per heavy atom. The topological polar surface area (TPSA) is 109 Å². The molecule has 1 amide bonds. The van der Waals surface area contributed by atoms with Gasteiger partial charge in [0.25, 0.3) is 0 Å². The van der Waals surface area contributed by atoms with Crippen molar-refractivity contribution in [3.63, 3.8) is 0 Å². The molecule has 4 rings (SSSR count). The molecule has 1 aliphatic carbocycles. The molecule has 0 saturated heterocycles. The Hall–Kier alpha value is -3.87. The summed E-state index contributed by atoms with van der Waals surface area (Å²) in [5.74, 6) is -1.93. The lowest BCUT2D eigenvalue weighted by Gasteiger charge is -2.15. The third kappa shape index (κ3) is 3.14. The van der Waals surface area contributed by atoms with Crippen molar-refractivity contribution in [2.45, 2.75) is 5.92 Å². The molecular formula is C21H16N2O5. The van der Waals surface area contributed by atoms with E-state index in [1.165, 1.54) is 0 Å². The number of hydrogen-bond acceptors (Lipinski definition) is 5. The molecule has 1 aliphatic rings. The van der Waals surface area contributed by atoms with E-state index in [1.54, 1.807) is 0 Å². The van der Waals surface area contributed by atoms with Crippen LogP contribution in [0.15, 0.2) is 60.8 Å². The van der Waals surface area contributed by atoms with Crippen molar-refractivity contribution in [1.29, 1.82) is 0 Å². The van der Waals surface area contributed by atoms with Gasteiger partial charge in [-0.2, -0.15) is 0 Å². The number of aromatic hydroxyl groups is 1. The van der Waals surface area contributed by atoms with E-state index in [-0.39, 0.29) is 29.7 Å². The van der Waals surface area contributed by atoms with E-state index in [0.717, 1.165) is 34.5 Å². The summed E-state index contributed by atoms with van der Waals surface area (Å²) in [6, 6.07) is 16.9. The van der Waals surface area contributed by atoms with Crippen LogP contribution in [0, 0.1) is 0 Å². The van der Waals surface area contributed by atoms with E-state index < -0.39 is 12.1 Å². The fourth-order valence-electron chi connectivity index (χ4n) is 3.45. The Bertz CT molecular complexity index is 1030. The number of carboxylic acids is 1. The van der Waals surface area contributed by atoms with E-state index in [0.29, 0.717) is 0 Å². The molecular weight excluding hydrogens is 360 g/mol. The van der Waals surface area contributed by atoms with Crippen LogP contribution in [0.4, 0.5) is 10.6 Å². The highest BCUT2D eigenvalue weighted by atomic mass is 16.5. The van der Waals surface area contributed by atoms with E-state index in [4.69, 9.17) is 4.74 Å². The minimum Gasteiger partial charge on any atom is -0.506 e. The zero-order valence-corrected chi connectivity index (χ0v) is 14.6. The highest BCUT2D eigenvalue weighted by Crippen LogP contribution is 2.44. The van der Waals surface area contributed by atoms with Gasteiger partial charge in [-0.05, 0) is 28.3 Å². The summed E-state index contributed by atoms with van der Waals surface area (Å²) in [6.45, 7) is 0.0976. The summed E-state index contributed by atoms with van der Waals surface area (Å²) in [4.78, 5) is 27.2. The molecule has 0 fully saturated rings. The average molecular weight is 376 g/mol. The molecule has 0 radical (unpaired) electrons. The number of pyridine rings is 1. The predicted octanol–water partition coefficient (Wildman–Crippen LogP) is 3.85. The van der Waals surface area contributed by atoms with Crippen LogP contribution >= 0.6 is 0 Å². The number of carboxylic acid groups (broad SMARTS) is 1. The molecule has 0 unspecified atom stereocenters. The van der Waals surface area contributed by atoms with Gasteiger partial charge in [-0.25, -0.2) is 14.6 Å². The number of nitrogens with one attached hydrogen (secondary N) is 1. The smallest absolute Gasteiger partial charge is 0.412 e. The Balaban J connectivity index is 1.51. The lowest BCUT2D eigenvalue weighted by molar-refractivity contribution is 0.0697. The molecule has 28 heavy (non-hydrogen) atoms. The Kier molecular flexibility index (Phi) is 4.41. The lowest BCUT2D eigenvalue weighted by Crippen LogP contribution is -2.20. The molecule has 140 valence electrons. The fraction of sp³-hybridized carbons (Fsp3) is 0.0952. The number of anilines is 1. The maximum absolute atomic E-state index is 12.2. The second-order valence-corrected chi connectivity index (χ2v) is 6.35. The second kappa shape index (κ2) is 7.03. The first kappa shape index (κ1) is 17.5. The van der Waals surface area contributed by atoms with Crippen LogP contribution in [-0.4, -0.2) is 33.9 Å². The van der Waals surface area contributed by atoms with E-state index in [1.807, 2.05) is 48.5 Å². The summed E-state index contributed by atoms with van der Waals surface area (Å²) in [5, 5.41) is 20.9. The minimum absolute atomic E-state index is 0.0976. The van der Waals surface area contributed by atoms with Gasteiger partial charge in [0, 0.05) is 5.92 Å². The van der Waals surface area contributed by atoms with Gasteiger partial charge in [0.2, 0.25) is 0 Å². The van der Waals surface area contributed by atoms with Gasteiger partial charge in [0.1, 0.15) is 23.7 Å². The first-order chi connectivity index (χ1) is 13.5. The standard InChI is InChI=1S/C21H16N2O5/c24-12-9-17(20(25)26)19(22-10-12)23-21(27)28-11-18-15-7-3-1-5-13(15)14-6-2-4-8-16(14)18/h1-10,18,24H,11H2,(H,25,26)(H,22,23,27). The quantitative estimate of drug-likeness (QED) is 0.638. The van der Waals surface area contributed by atoms with Crippen molar-refractivity contribution in [3.8, 4) is 16.9 Å². The Labute approximate surface area is 160 Å². The third-order valence-corrected chi connectivity index (χ3v) is 4.67. The minimum atomic E-state index is -1.32. The largest absolute Gasteiger partial charge is 0.506 e. The molecule has 0 spiro atoms. The van der Waals surface area contributed by atoms with Gasteiger partial charge in [-0.15, -0.1) is 0 Å². The van der Waals surface area contributed by atoms with Crippen molar-refractivity contribution in [1.82, 2.24) is 4.98 Å². The highest BCUT2D eigenvalue weighted by Gasteiger charge is 2.29. The van der Waals surface area contributed by atoms with E-state index in [9.17, 15) is 19.8 Å². The summed E-state index contributed by atoms with van der Waals surface area (Å²) in [5.41, 5.74) is 4.05. The maximum atomic E-state index is 12.2. The number of carbonyl (C=O) groups excluding carboxylic acids is 1.